The number of hydrogen-bond acceptors (Lipinski definition) is 7. The summed E-state index contributed by atoms with van der Waals surface area (Å²) in [7, 11) is 0. The molecule has 38 heavy (non-hydrogen) atoms. The number of amides is 1. The van der Waals surface area contributed by atoms with Gasteiger partial charge in [0, 0.05) is 27.0 Å². The van der Waals surface area contributed by atoms with Gasteiger partial charge in [0.15, 0.2) is 0 Å². The summed E-state index contributed by atoms with van der Waals surface area (Å²) in [5.74, 6) is -1.47. The third-order valence-corrected chi connectivity index (χ3v) is 6.76. The highest BCUT2D eigenvalue weighted by Gasteiger charge is 2.34. The molecule has 1 amide bonds. The fourth-order valence-corrected chi connectivity index (χ4v) is 4.72. The molecule has 0 aliphatic carbocycles. The molecule has 5 rings (SSSR count). The second-order valence-corrected chi connectivity index (χ2v) is 9.32. The minimum Gasteiger partial charge on any atom is -0.383 e. The Hall–Kier alpha value is -4.58. The van der Waals surface area contributed by atoms with E-state index in [0.717, 1.165) is 32.3 Å². The standard InChI is InChI=1S/C26H18F4N6OS/c27-20-6-4-15(11-19(20)26(28,29)30)36-25(37)17-2-1-9-32-24(17)33-12-16-5-8-22(38-16)14-3-7-21-18(10-14)23(31)35-13-34-21/h1-11,13H,12H2,(H,32,33)(H,36,37)(H2,31,34,35). The summed E-state index contributed by atoms with van der Waals surface area (Å²) in [5.41, 5.74) is 6.14. The van der Waals surface area contributed by atoms with E-state index in [2.05, 4.69) is 25.6 Å². The van der Waals surface area contributed by atoms with Crippen LogP contribution in [-0.4, -0.2) is 20.9 Å². The zero-order valence-electron chi connectivity index (χ0n) is 19.4. The van der Waals surface area contributed by atoms with Crippen molar-refractivity contribution < 1.29 is 22.4 Å². The molecule has 0 saturated carbocycles. The smallest absolute Gasteiger partial charge is 0.383 e. The molecule has 0 atom stereocenters. The van der Waals surface area contributed by atoms with Crippen LogP contribution >= 0.6 is 11.3 Å². The van der Waals surface area contributed by atoms with Crippen LogP contribution < -0.4 is 16.4 Å². The Balaban J connectivity index is 1.31. The van der Waals surface area contributed by atoms with Gasteiger partial charge in [0.1, 0.15) is 23.8 Å². The number of pyridine rings is 1. The molecule has 192 valence electrons. The largest absolute Gasteiger partial charge is 0.419 e. The first-order valence-electron chi connectivity index (χ1n) is 11.2. The minimum atomic E-state index is -4.89. The molecule has 0 aliphatic rings. The molecule has 0 aliphatic heterocycles. The summed E-state index contributed by atoms with van der Waals surface area (Å²) >= 11 is 1.53. The number of hydrogen-bond donors (Lipinski definition) is 3. The number of anilines is 3. The summed E-state index contributed by atoms with van der Waals surface area (Å²) in [4.78, 5) is 27.2. The highest BCUT2D eigenvalue weighted by molar-refractivity contribution is 7.15. The highest BCUT2D eigenvalue weighted by atomic mass is 32.1. The molecule has 3 aromatic heterocycles. The second kappa shape index (κ2) is 10.1. The molecule has 3 heterocycles. The average Bonchev–Trinajstić information content (AvgIpc) is 3.37. The maximum atomic E-state index is 13.6. The lowest BCUT2D eigenvalue weighted by Gasteiger charge is -2.13. The van der Waals surface area contributed by atoms with E-state index in [-0.39, 0.29) is 17.1 Å². The van der Waals surface area contributed by atoms with Crippen molar-refractivity contribution in [1.82, 2.24) is 15.0 Å². The maximum Gasteiger partial charge on any atom is 0.419 e. The normalized spacial score (nSPS) is 11.5. The third-order valence-electron chi connectivity index (χ3n) is 5.62. The number of alkyl halides is 3. The lowest BCUT2D eigenvalue weighted by molar-refractivity contribution is -0.139. The van der Waals surface area contributed by atoms with Crippen LogP contribution in [0.2, 0.25) is 0 Å². The van der Waals surface area contributed by atoms with Crippen molar-refractivity contribution in [3.05, 3.63) is 95.0 Å². The predicted octanol–water partition coefficient (Wildman–Crippen LogP) is 6.36. The van der Waals surface area contributed by atoms with Gasteiger partial charge < -0.3 is 16.4 Å². The van der Waals surface area contributed by atoms with Gasteiger partial charge in [-0.15, -0.1) is 11.3 Å². The van der Waals surface area contributed by atoms with Gasteiger partial charge in [-0.05, 0) is 60.2 Å². The topological polar surface area (TPSA) is 106 Å². The molecule has 0 bridgehead atoms. The predicted molar refractivity (Wildman–Crippen MR) is 138 cm³/mol. The molecular formula is C26H18F4N6OS. The van der Waals surface area contributed by atoms with Gasteiger partial charge in [0.25, 0.3) is 5.91 Å². The van der Waals surface area contributed by atoms with E-state index >= 15 is 0 Å². The number of nitrogens with zero attached hydrogens (tertiary/aromatic N) is 3. The van der Waals surface area contributed by atoms with Crippen molar-refractivity contribution in [2.75, 3.05) is 16.4 Å². The van der Waals surface area contributed by atoms with Crippen LogP contribution in [0, 0.1) is 5.82 Å². The highest BCUT2D eigenvalue weighted by Crippen LogP contribution is 2.34. The Morgan fingerprint density at radius 3 is 2.66 bits per heavy atom. The van der Waals surface area contributed by atoms with E-state index < -0.39 is 23.5 Å². The Morgan fingerprint density at radius 1 is 1.00 bits per heavy atom. The lowest BCUT2D eigenvalue weighted by Crippen LogP contribution is -2.16. The maximum absolute atomic E-state index is 13.6. The summed E-state index contributed by atoms with van der Waals surface area (Å²) in [5, 5.41) is 6.24. The molecule has 0 fully saturated rings. The molecule has 7 nitrogen and oxygen atoms in total. The van der Waals surface area contributed by atoms with E-state index in [9.17, 15) is 22.4 Å². The number of benzene rings is 2. The van der Waals surface area contributed by atoms with E-state index in [4.69, 9.17) is 5.73 Å². The monoisotopic (exact) mass is 538 g/mol. The number of nitrogens with one attached hydrogen (secondary N) is 2. The van der Waals surface area contributed by atoms with Crippen LogP contribution in [0.25, 0.3) is 21.3 Å². The van der Waals surface area contributed by atoms with Crippen LogP contribution in [0.5, 0.6) is 0 Å². The Morgan fingerprint density at radius 2 is 1.84 bits per heavy atom. The molecule has 0 unspecified atom stereocenters. The zero-order chi connectivity index (χ0) is 26.9. The van der Waals surface area contributed by atoms with E-state index in [1.807, 2.05) is 30.3 Å². The zero-order valence-corrected chi connectivity index (χ0v) is 20.2. The van der Waals surface area contributed by atoms with Gasteiger partial charge >= 0.3 is 6.18 Å². The van der Waals surface area contributed by atoms with Crippen LogP contribution in [0.3, 0.4) is 0 Å². The summed E-state index contributed by atoms with van der Waals surface area (Å²) in [6.45, 7) is 0.343. The summed E-state index contributed by atoms with van der Waals surface area (Å²) in [6.07, 6.45) is -1.99. The van der Waals surface area contributed by atoms with Crippen LogP contribution in [0.4, 0.5) is 34.9 Å². The van der Waals surface area contributed by atoms with Gasteiger partial charge in [-0.1, -0.05) is 6.07 Å². The van der Waals surface area contributed by atoms with E-state index in [0.29, 0.717) is 24.5 Å². The van der Waals surface area contributed by atoms with Crippen LogP contribution in [0.1, 0.15) is 20.8 Å². The molecular weight excluding hydrogens is 520 g/mol. The molecule has 2 aromatic carbocycles. The fourth-order valence-electron chi connectivity index (χ4n) is 3.78. The van der Waals surface area contributed by atoms with E-state index in [1.165, 1.54) is 36.0 Å². The number of fused-ring (bicyclic) bond motifs is 1. The van der Waals surface area contributed by atoms with Gasteiger partial charge in [0.2, 0.25) is 0 Å². The number of nitrogens with two attached hydrogens (primary N) is 1. The van der Waals surface area contributed by atoms with Crippen molar-refractivity contribution in [2.24, 2.45) is 0 Å². The number of aromatic nitrogens is 3. The van der Waals surface area contributed by atoms with Crippen molar-refractivity contribution >= 4 is 45.5 Å². The number of rotatable bonds is 6. The minimum absolute atomic E-state index is 0.118. The lowest BCUT2D eigenvalue weighted by atomic mass is 10.1. The number of carbonyl (C=O) groups excluding carboxylic acids is 1. The summed E-state index contributed by atoms with van der Waals surface area (Å²) < 4.78 is 52.7. The van der Waals surface area contributed by atoms with Gasteiger partial charge in [-0.25, -0.2) is 19.3 Å². The number of thiophene rings is 1. The molecule has 0 spiro atoms. The molecule has 4 N–H and O–H groups in total. The van der Waals surface area contributed by atoms with Gasteiger partial charge in [0.05, 0.1) is 23.2 Å². The number of nitrogen functional groups attached to an aromatic ring is 1. The second-order valence-electron chi connectivity index (χ2n) is 8.16. The summed E-state index contributed by atoms with van der Waals surface area (Å²) in [6, 6.07) is 14.9. The third kappa shape index (κ3) is 5.25. The van der Waals surface area contributed by atoms with E-state index in [1.54, 1.807) is 0 Å². The Kier molecular flexibility index (Phi) is 6.64. The van der Waals surface area contributed by atoms with Crippen LogP contribution in [-0.2, 0) is 12.7 Å². The molecule has 5 aromatic rings. The molecule has 12 heteroatoms. The average molecular weight is 539 g/mol. The van der Waals surface area contributed by atoms with Crippen molar-refractivity contribution in [1.29, 1.82) is 0 Å². The Labute approximate surface area is 217 Å². The van der Waals surface area contributed by atoms with Crippen molar-refractivity contribution in [2.45, 2.75) is 12.7 Å². The van der Waals surface area contributed by atoms with Crippen molar-refractivity contribution in [3.63, 3.8) is 0 Å². The first-order valence-corrected chi connectivity index (χ1v) is 12.0. The first-order chi connectivity index (χ1) is 18.2. The first kappa shape index (κ1) is 25.1. The molecule has 0 saturated heterocycles. The van der Waals surface area contributed by atoms with Gasteiger partial charge in [-0.3, -0.25) is 4.79 Å². The number of halogens is 4. The number of carbonyl (C=O) groups is 1. The Bertz CT molecular complexity index is 1650. The van der Waals surface area contributed by atoms with Crippen molar-refractivity contribution in [3.8, 4) is 10.4 Å². The fraction of sp³-hybridized carbons (Fsp3) is 0.0769. The SMILES string of the molecule is Nc1ncnc2ccc(-c3ccc(CNc4ncccc4C(=O)Nc4ccc(F)c(C(F)(F)F)c4)s3)cc12. The van der Waals surface area contributed by atoms with Gasteiger partial charge in [-0.2, -0.15) is 13.2 Å². The quantitative estimate of drug-likeness (QED) is 0.217. The molecule has 0 radical (unpaired) electrons. The van der Waals surface area contributed by atoms with Crippen LogP contribution in [0.15, 0.2) is 73.2 Å².